The monoisotopic (exact) mass is 351 g/mol. The smallest absolute Gasteiger partial charge is 0.119 e. The number of hydrogen-bond acceptors (Lipinski definition) is 2. The topological polar surface area (TPSA) is 32.3 Å². The minimum absolute atomic E-state index is 0.312. The second-order valence-electron chi connectivity index (χ2n) is 4.59. The summed E-state index contributed by atoms with van der Waals surface area (Å²) >= 11 is 2.30. The van der Waals surface area contributed by atoms with Gasteiger partial charge < -0.3 is 10.4 Å². The second kappa shape index (κ2) is 4.80. The molecule has 1 aliphatic rings. The molecule has 2 N–H and O–H groups in total. The standard InChI is InChI=1S/C15H14INO/c16-10-4-6-11(7-5-10)17-14-9-8-13-12(14)2-1-3-15(13)18/h1-7,14,17-18H,8-9H2. The largest absolute Gasteiger partial charge is 0.508 e. The molecule has 0 fully saturated rings. The lowest BCUT2D eigenvalue weighted by Gasteiger charge is -2.15. The first kappa shape index (κ1) is 11.8. The Morgan fingerprint density at radius 3 is 2.67 bits per heavy atom. The molecule has 92 valence electrons. The average molecular weight is 351 g/mol. The first-order valence-corrected chi connectivity index (χ1v) is 7.15. The summed E-state index contributed by atoms with van der Waals surface area (Å²) in [4.78, 5) is 0. The maximum absolute atomic E-state index is 9.82. The zero-order valence-corrected chi connectivity index (χ0v) is 12.0. The molecule has 0 aromatic heterocycles. The molecule has 0 amide bonds. The van der Waals surface area contributed by atoms with Crippen molar-refractivity contribution in [2.24, 2.45) is 0 Å². The Balaban J connectivity index is 1.85. The molecule has 0 bridgehead atoms. The van der Waals surface area contributed by atoms with Crippen molar-refractivity contribution < 1.29 is 5.11 Å². The van der Waals surface area contributed by atoms with E-state index >= 15 is 0 Å². The molecule has 3 heteroatoms. The van der Waals surface area contributed by atoms with Crippen LogP contribution in [0.3, 0.4) is 0 Å². The molecule has 2 aromatic carbocycles. The summed E-state index contributed by atoms with van der Waals surface area (Å²) in [5, 5.41) is 13.4. The van der Waals surface area contributed by atoms with Gasteiger partial charge in [-0.1, -0.05) is 12.1 Å². The molecule has 3 rings (SSSR count). The van der Waals surface area contributed by atoms with Crippen LogP contribution in [-0.2, 0) is 6.42 Å². The van der Waals surface area contributed by atoms with Gasteiger partial charge in [-0.05, 0) is 76.9 Å². The van der Waals surface area contributed by atoms with E-state index in [1.165, 1.54) is 9.13 Å². The van der Waals surface area contributed by atoms with Gasteiger partial charge in [0.15, 0.2) is 0 Å². The molecule has 1 aliphatic carbocycles. The van der Waals surface area contributed by atoms with E-state index in [1.807, 2.05) is 6.07 Å². The maximum atomic E-state index is 9.82. The first-order valence-electron chi connectivity index (χ1n) is 6.07. The molecule has 0 radical (unpaired) electrons. The highest BCUT2D eigenvalue weighted by Crippen LogP contribution is 2.38. The molecule has 0 heterocycles. The summed E-state index contributed by atoms with van der Waals surface area (Å²) in [6.45, 7) is 0. The Morgan fingerprint density at radius 1 is 1.11 bits per heavy atom. The van der Waals surface area contributed by atoms with Gasteiger partial charge in [0.05, 0.1) is 6.04 Å². The summed E-state index contributed by atoms with van der Waals surface area (Å²) in [7, 11) is 0. The fraction of sp³-hybridized carbons (Fsp3) is 0.200. The third-order valence-corrected chi connectivity index (χ3v) is 4.15. The van der Waals surface area contributed by atoms with Crippen LogP contribution in [0.25, 0.3) is 0 Å². The van der Waals surface area contributed by atoms with Crippen molar-refractivity contribution in [2.45, 2.75) is 18.9 Å². The SMILES string of the molecule is Oc1cccc2c1CCC2Nc1ccc(I)cc1. The van der Waals surface area contributed by atoms with Crippen molar-refractivity contribution in [1.29, 1.82) is 0 Å². The lowest BCUT2D eigenvalue weighted by atomic mass is 10.1. The van der Waals surface area contributed by atoms with Crippen molar-refractivity contribution in [3.63, 3.8) is 0 Å². The van der Waals surface area contributed by atoms with Crippen LogP contribution in [0.15, 0.2) is 42.5 Å². The Labute approximate surface area is 120 Å². The van der Waals surface area contributed by atoms with Crippen LogP contribution in [0, 0.1) is 3.57 Å². The number of benzene rings is 2. The average Bonchev–Trinajstić information content (AvgIpc) is 2.77. The minimum atomic E-state index is 0.312. The molecule has 0 aliphatic heterocycles. The van der Waals surface area contributed by atoms with Crippen LogP contribution in [0.2, 0.25) is 0 Å². The van der Waals surface area contributed by atoms with E-state index in [0.717, 1.165) is 24.1 Å². The van der Waals surface area contributed by atoms with Gasteiger partial charge in [-0.25, -0.2) is 0 Å². The summed E-state index contributed by atoms with van der Waals surface area (Å²) in [6, 6.07) is 14.5. The Morgan fingerprint density at radius 2 is 1.89 bits per heavy atom. The summed E-state index contributed by atoms with van der Waals surface area (Å²) in [5.74, 6) is 0.430. The van der Waals surface area contributed by atoms with E-state index in [9.17, 15) is 5.11 Å². The Bertz CT molecular complexity index is 565. The van der Waals surface area contributed by atoms with Crippen molar-refractivity contribution in [3.05, 3.63) is 57.2 Å². The molecule has 0 saturated carbocycles. The van der Waals surface area contributed by atoms with Crippen LogP contribution >= 0.6 is 22.6 Å². The van der Waals surface area contributed by atoms with E-state index in [0.29, 0.717) is 11.8 Å². The highest BCUT2D eigenvalue weighted by Gasteiger charge is 2.24. The van der Waals surface area contributed by atoms with Crippen LogP contribution in [0.4, 0.5) is 5.69 Å². The van der Waals surface area contributed by atoms with Gasteiger partial charge >= 0.3 is 0 Å². The summed E-state index contributed by atoms with van der Waals surface area (Å²) < 4.78 is 1.24. The normalized spacial score (nSPS) is 17.5. The number of nitrogens with one attached hydrogen (secondary N) is 1. The van der Waals surface area contributed by atoms with Crippen LogP contribution < -0.4 is 5.32 Å². The molecular weight excluding hydrogens is 337 g/mol. The van der Waals surface area contributed by atoms with E-state index < -0.39 is 0 Å². The fourth-order valence-corrected chi connectivity index (χ4v) is 2.89. The number of phenols is 1. The van der Waals surface area contributed by atoms with Gasteiger partial charge in [0.1, 0.15) is 5.75 Å². The number of aromatic hydroxyl groups is 1. The van der Waals surface area contributed by atoms with Crippen molar-refractivity contribution >= 4 is 28.3 Å². The molecular formula is C15H14INO. The molecule has 2 aromatic rings. The van der Waals surface area contributed by atoms with Crippen LogP contribution in [0.1, 0.15) is 23.6 Å². The number of rotatable bonds is 2. The molecule has 18 heavy (non-hydrogen) atoms. The lowest BCUT2D eigenvalue weighted by Crippen LogP contribution is -2.06. The van der Waals surface area contributed by atoms with E-state index in [4.69, 9.17) is 0 Å². The van der Waals surface area contributed by atoms with E-state index in [-0.39, 0.29) is 0 Å². The third-order valence-electron chi connectivity index (χ3n) is 3.43. The zero-order chi connectivity index (χ0) is 12.5. The predicted octanol–water partition coefficient (Wildman–Crippen LogP) is 4.10. The number of hydrogen-bond donors (Lipinski definition) is 2. The predicted molar refractivity (Wildman–Crippen MR) is 82.0 cm³/mol. The number of halogens is 1. The maximum Gasteiger partial charge on any atom is 0.119 e. The molecule has 2 nitrogen and oxygen atoms in total. The quantitative estimate of drug-likeness (QED) is 0.799. The van der Waals surface area contributed by atoms with Gasteiger partial charge in [-0.2, -0.15) is 0 Å². The zero-order valence-electron chi connectivity index (χ0n) is 9.86. The summed E-state index contributed by atoms with van der Waals surface area (Å²) in [6.07, 6.45) is 1.99. The van der Waals surface area contributed by atoms with Gasteiger partial charge in [0.2, 0.25) is 0 Å². The number of anilines is 1. The van der Waals surface area contributed by atoms with Gasteiger partial charge in [-0.15, -0.1) is 0 Å². The molecule has 1 atom stereocenters. The van der Waals surface area contributed by atoms with Crippen molar-refractivity contribution in [2.75, 3.05) is 5.32 Å². The molecule has 0 saturated heterocycles. The highest BCUT2D eigenvalue weighted by molar-refractivity contribution is 14.1. The van der Waals surface area contributed by atoms with Gasteiger partial charge in [0.25, 0.3) is 0 Å². The van der Waals surface area contributed by atoms with E-state index in [1.54, 1.807) is 6.07 Å². The lowest BCUT2D eigenvalue weighted by molar-refractivity contribution is 0.469. The summed E-state index contributed by atoms with van der Waals surface area (Å²) in [5.41, 5.74) is 3.46. The number of phenolic OH excluding ortho intramolecular Hbond substituents is 1. The first-order chi connectivity index (χ1) is 8.74. The Hall–Kier alpha value is -1.23. The Kier molecular flexibility index (Phi) is 3.16. The third kappa shape index (κ3) is 2.19. The van der Waals surface area contributed by atoms with Crippen LogP contribution in [-0.4, -0.2) is 5.11 Å². The fourth-order valence-electron chi connectivity index (χ4n) is 2.53. The van der Waals surface area contributed by atoms with Gasteiger partial charge in [0, 0.05) is 9.26 Å². The molecule has 1 unspecified atom stereocenters. The van der Waals surface area contributed by atoms with Crippen LogP contribution in [0.5, 0.6) is 5.75 Å². The molecule has 0 spiro atoms. The number of fused-ring (bicyclic) bond motifs is 1. The second-order valence-corrected chi connectivity index (χ2v) is 5.83. The van der Waals surface area contributed by atoms with Gasteiger partial charge in [-0.3, -0.25) is 0 Å². The highest BCUT2D eigenvalue weighted by atomic mass is 127. The van der Waals surface area contributed by atoms with Crippen molar-refractivity contribution in [3.8, 4) is 5.75 Å². The van der Waals surface area contributed by atoms with E-state index in [2.05, 4.69) is 58.2 Å². The van der Waals surface area contributed by atoms with Crippen molar-refractivity contribution in [1.82, 2.24) is 0 Å². The minimum Gasteiger partial charge on any atom is -0.508 e.